The summed E-state index contributed by atoms with van der Waals surface area (Å²) in [5.74, 6) is 0.486. The summed E-state index contributed by atoms with van der Waals surface area (Å²) in [5.41, 5.74) is 6.07. The standard InChI is InChI=1S/C19H16N2O/c22-19-15-10-18-14(12-6-2-3-7-16(12)20-18)9-13(15)11-5-1-4-8-17(11)21-19/h1-8,13,15,20H,9-10H2,(H,21,22)/t13-,15-/m0/s1. The van der Waals surface area contributed by atoms with Gasteiger partial charge in [0.1, 0.15) is 0 Å². The van der Waals surface area contributed by atoms with Gasteiger partial charge < -0.3 is 10.3 Å². The molecule has 3 aromatic rings. The van der Waals surface area contributed by atoms with Crippen LogP contribution in [0, 0.1) is 5.92 Å². The van der Waals surface area contributed by atoms with Gasteiger partial charge in [-0.2, -0.15) is 0 Å². The highest BCUT2D eigenvalue weighted by Crippen LogP contribution is 2.44. The minimum atomic E-state index is 0.0375. The Morgan fingerprint density at radius 2 is 1.73 bits per heavy atom. The second kappa shape index (κ2) is 4.23. The Balaban J connectivity index is 1.70. The lowest BCUT2D eigenvalue weighted by Crippen LogP contribution is -2.38. The number of hydrogen-bond donors (Lipinski definition) is 2. The van der Waals surface area contributed by atoms with Crippen molar-refractivity contribution in [3.05, 3.63) is 65.4 Å². The molecule has 1 aliphatic carbocycles. The molecule has 0 fully saturated rings. The molecule has 3 nitrogen and oxygen atoms in total. The first-order chi connectivity index (χ1) is 10.8. The van der Waals surface area contributed by atoms with Crippen LogP contribution in [0.5, 0.6) is 0 Å². The summed E-state index contributed by atoms with van der Waals surface area (Å²) in [5, 5.41) is 4.38. The summed E-state index contributed by atoms with van der Waals surface area (Å²) in [4.78, 5) is 16.0. The van der Waals surface area contributed by atoms with Gasteiger partial charge in [0.25, 0.3) is 0 Å². The molecule has 0 unspecified atom stereocenters. The fraction of sp³-hybridized carbons (Fsp3) is 0.211. The molecular formula is C19H16N2O. The number of fused-ring (bicyclic) bond motifs is 6. The average molecular weight is 288 g/mol. The molecule has 108 valence electrons. The molecule has 2 aromatic carbocycles. The van der Waals surface area contributed by atoms with Crippen molar-refractivity contribution in [3.63, 3.8) is 0 Å². The van der Waals surface area contributed by atoms with Crippen LogP contribution in [0.2, 0.25) is 0 Å². The third-order valence-electron chi connectivity index (χ3n) is 5.19. The second-order valence-electron chi connectivity index (χ2n) is 6.33. The molecule has 1 aromatic heterocycles. The Bertz CT molecular complexity index is 909. The van der Waals surface area contributed by atoms with E-state index in [1.54, 1.807) is 0 Å². The van der Waals surface area contributed by atoms with E-state index < -0.39 is 0 Å². The van der Waals surface area contributed by atoms with Crippen LogP contribution < -0.4 is 5.32 Å². The lowest BCUT2D eigenvalue weighted by atomic mass is 9.71. The van der Waals surface area contributed by atoms with Gasteiger partial charge in [0, 0.05) is 28.2 Å². The van der Waals surface area contributed by atoms with Crippen molar-refractivity contribution in [2.75, 3.05) is 5.32 Å². The molecule has 2 heterocycles. The largest absolute Gasteiger partial charge is 0.358 e. The third-order valence-corrected chi connectivity index (χ3v) is 5.19. The first-order valence-corrected chi connectivity index (χ1v) is 7.79. The number of anilines is 1. The Hall–Kier alpha value is -2.55. The van der Waals surface area contributed by atoms with Crippen molar-refractivity contribution in [2.24, 2.45) is 5.92 Å². The summed E-state index contributed by atoms with van der Waals surface area (Å²) >= 11 is 0. The van der Waals surface area contributed by atoms with E-state index in [1.807, 2.05) is 12.1 Å². The first kappa shape index (κ1) is 12.0. The van der Waals surface area contributed by atoms with Crippen LogP contribution in [0.15, 0.2) is 48.5 Å². The highest BCUT2D eigenvalue weighted by Gasteiger charge is 2.40. The molecule has 0 bridgehead atoms. The van der Waals surface area contributed by atoms with E-state index in [-0.39, 0.29) is 17.7 Å². The van der Waals surface area contributed by atoms with Crippen LogP contribution in [-0.4, -0.2) is 10.9 Å². The van der Waals surface area contributed by atoms with Gasteiger partial charge in [-0.15, -0.1) is 0 Å². The molecule has 0 radical (unpaired) electrons. The van der Waals surface area contributed by atoms with Crippen molar-refractivity contribution < 1.29 is 4.79 Å². The second-order valence-corrected chi connectivity index (χ2v) is 6.33. The predicted molar refractivity (Wildman–Crippen MR) is 87.0 cm³/mol. The topological polar surface area (TPSA) is 44.9 Å². The van der Waals surface area contributed by atoms with Crippen LogP contribution in [0.4, 0.5) is 5.69 Å². The molecule has 1 amide bonds. The lowest BCUT2D eigenvalue weighted by Gasteiger charge is -2.36. The number of amides is 1. The molecule has 1 aliphatic heterocycles. The monoisotopic (exact) mass is 288 g/mol. The SMILES string of the molecule is O=C1Nc2ccccc2[C@@H]2Cc3c([nH]c4ccccc34)C[C@H]12. The van der Waals surface area contributed by atoms with Crippen molar-refractivity contribution in [1.82, 2.24) is 4.98 Å². The van der Waals surface area contributed by atoms with Crippen LogP contribution in [0.1, 0.15) is 22.7 Å². The fourth-order valence-electron chi connectivity index (χ4n) is 4.15. The maximum absolute atomic E-state index is 12.5. The van der Waals surface area contributed by atoms with E-state index in [0.717, 1.165) is 18.5 Å². The number of aromatic amines is 1. The molecule has 22 heavy (non-hydrogen) atoms. The van der Waals surface area contributed by atoms with Crippen LogP contribution in [0.25, 0.3) is 10.9 Å². The molecule has 3 heteroatoms. The Kier molecular flexibility index (Phi) is 2.31. The summed E-state index contributed by atoms with van der Waals surface area (Å²) in [6.07, 6.45) is 1.74. The van der Waals surface area contributed by atoms with E-state index in [2.05, 4.69) is 46.7 Å². The average Bonchev–Trinajstić information content (AvgIpc) is 2.91. The highest BCUT2D eigenvalue weighted by molar-refractivity contribution is 5.97. The molecule has 0 saturated carbocycles. The molecule has 2 aliphatic rings. The van der Waals surface area contributed by atoms with Gasteiger partial charge in [-0.25, -0.2) is 0 Å². The summed E-state index contributed by atoms with van der Waals surface area (Å²) < 4.78 is 0. The van der Waals surface area contributed by atoms with E-state index in [9.17, 15) is 4.79 Å². The minimum Gasteiger partial charge on any atom is -0.358 e. The number of carbonyl (C=O) groups is 1. The lowest BCUT2D eigenvalue weighted by molar-refractivity contribution is -0.121. The molecule has 0 saturated heterocycles. The van der Waals surface area contributed by atoms with Crippen molar-refractivity contribution in [3.8, 4) is 0 Å². The van der Waals surface area contributed by atoms with E-state index in [0.29, 0.717) is 0 Å². The fourth-order valence-corrected chi connectivity index (χ4v) is 4.15. The zero-order valence-electron chi connectivity index (χ0n) is 12.1. The predicted octanol–water partition coefficient (Wildman–Crippen LogP) is 3.62. The Morgan fingerprint density at radius 1 is 0.909 bits per heavy atom. The molecule has 0 spiro atoms. The maximum Gasteiger partial charge on any atom is 0.228 e. The summed E-state index contributed by atoms with van der Waals surface area (Å²) in [7, 11) is 0. The number of rotatable bonds is 0. The van der Waals surface area contributed by atoms with Gasteiger partial charge in [-0.05, 0) is 36.1 Å². The highest BCUT2D eigenvalue weighted by atomic mass is 16.2. The number of nitrogens with one attached hydrogen (secondary N) is 2. The number of aromatic nitrogens is 1. The molecule has 2 N–H and O–H groups in total. The van der Waals surface area contributed by atoms with E-state index in [1.165, 1.54) is 27.7 Å². The first-order valence-electron chi connectivity index (χ1n) is 7.79. The quantitative estimate of drug-likeness (QED) is 0.652. The van der Waals surface area contributed by atoms with Crippen molar-refractivity contribution >= 4 is 22.5 Å². The van der Waals surface area contributed by atoms with Gasteiger partial charge in [-0.3, -0.25) is 4.79 Å². The van der Waals surface area contributed by atoms with Crippen LogP contribution >= 0.6 is 0 Å². The molecule has 2 atom stereocenters. The number of para-hydroxylation sites is 2. The van der Waals surface area contributed by atoms with Crippen LogP contribution in [0.3, 0.4) is 0 Å². The maximum atomic E-state index is 12.5. The zero-order chi connectivity index (χ0) is 14.7. The third kappa shape index (κ3) is 1.54. The number of H-pyrrole nitrogens is 1. The van der Waals surface area contributed by atoms with Gasteiger partial charge >= 0.3 is 0 Å². The smallest absolute Gasteiger partial charge is 0.228 e. The Labute approximate surface area is 128 Å². The molecule has 5 rings (SSSR count). The van der Waals surface area contributed by atoms with Crippen LogP contribution in [-0.2, 0) is 17.6 Å². The van der Waals surface area contributed by atoms with Gasteiger partial charge in [0.15, 0.2) is 0 Å². The summed E-state index contributed by atoms with van der Waals surface area (Å²) in [6, 6.07) is 16.7. The number of carbonyl (C=O) groups excluding carboxylic acids is 1. The number of benzene rings is 2. The van der Waals surface area contributed by atoms with Gasteiger partial charge in [0.2, 0.25) is 5.91 Å². The van der Waals surface area contributed by atoms with Crippen molar-refractivity contribution in [1.29, 1.82) is 0 Å². The minimum absolute atomic E-state index is 0.0375. The zero-order valence-corrected chi connectivity index (χ0v) is 12.1. The van der Waals surface area contributed by atoms with Crippen molar-refractivity contribution in [2.45, 2.75) is 18.8 Å². The van der Waals surface area contributed by atoms with E-state index >= 15 is 0 Å². The van der Waals surface area contributed by atoms with Gasteiger partial charge in [0.05, 0.1) is 5.92 Å². The van der Waals surface area contributed by atoms with E-state index in [4.69, 9.17) is 0 Å². The normalized spacial score (nSPS) is 22.6. The number of hydrogen-bond acceptors (Lipinski definition) is 1. The molecular weight excluding hydrogens is 272 g/mol. The summed E-state index contributed by atoms with van der Waals surface area (Å²) in [6.45, 7) is 0. The Morgan fingerprint density at radius 3 is 2.68 bits per heavy atom. The van der Waals surface area contributed by atoms with Gasteiger partial charge in [-0.1, -0.05) is 36.4 Å².